The third-order valence-corrected chi connectivity index (χ3v) is 6.76. The van der Waals surface area contributed by atoms with E-state index in [-0.39, 0.29) is 5.84 Å². The van der Waals surface area contributed by atoms with Crippen LogP contribution in [0.5, 0.6) is 5.75 Å². The van der Waals surface area contributed by atoms with Crippen molar-refractivity contribution in [3.63, 3.8) is 0 Å². The van der Waals surface area contributed by atoms with Crippen molar-refractivity contribution in [1.29, 1.82) is 10.5 Å². The number of nitrogens with one attached hydrogen (secondary N) is 1. The Labute approximate surface area is 175 Å². The first-order valence-electron chi connectivity index (χ1n) is 9.91. The van der Waals surface area contributed by atoms with Crippen molar-refractivity contribution >= 4 is 5.84 Å². The average molecular weight is 407 g/mol. The number of aliphatic imine (C=N–C) groups is 1. The number of rotatable bonds is 4. The van der Waals surface area contributed by atoms with Crippen LogP contribution in [0.4, 0.5) is 0 Å². The molecule has 8 nitrogen and oxygen atoms in total. The molecule has 0 amide bonds. The van der Waals surface area contributed by atoms with E-state index >= 15 is 0 Å². The largest absolute Gasteiger partial charge is 0.497 e. The van der Waals surface area contributed by atoms with Crippen LogP contribution in [0.1, 0.15) is 37.3 Å². The topological polar surface area (TPSA) is 126 Å². The van der Waals surface area contributed by atoms with E-state index in [4.69, 9.17) is 19.9 Å². The standard InChI is InChI=1S/C22H25N5O3/c1-28-15-10-8-14(9-11-15)18-20(12-23)19(25)27-22(29-2,30-3)21(20,13-24)16-6-4-5-7-17(16)26-18/h8-11,18,26H,4-7H2,1-3H3,(H2,25,27)/t18-,20+,21-/m1/s1. The molecule has 0 saturated carbocycles. The van der Waals surface area contributed by atoms with Gasteiger partial charge in [0, 0.05) is 19.9 Å². The third kappa shape index (κ3) is 2.18. The quantitative estimate of drug-likeness (QED) is 0.734. The molecule has 0 saturated heterocycles. The predicted octanol–water partition coefficient (Wildman–Crippen LogP) is 2.50. The Morgan fingerprint density at radius 1 is 1.07 bits per heavy atom. The van der Waals surface area contributed by atoms with Crippen molar-refractivity contribution < 1.29 is 14.2 Å². The van der Waals surface area contributed by atoms with E-state index in [9.17, 15) is 10.5 Å². The van der Waals surface area contributed by atoms with Crippen molar-refractivity contribution in [2.24, 2.45) is 21.6 Å². The molecule has 0 radical (unpaired) electrons. The lowest BCUT2D eigenvalue weighted by Gasteiger charge is -2.53. The Bertz CT molecular complexity index is 999. The Hall–Kier alpha value is -3.07. The van der Waals surface area contributed by atoms with E-state index in [1.165, 1.54) is 14.2 Å². The van der Waals surface area contributed by atoms with Crippen LogP contribution in [0.2, 0.25) is 0 Å². The van der Waals surface area contributed by atoms with Gasteiger partial charge in [-0.15, -0.1) is 0 Å². The lowest BCUT2D eigenvalue weighted by atomic mass is 9.52. The van der Waals surface area contributed by atoms with Crippen LogP contribution in [-0.4, -0.2) is 33.1 Å². The van der Waals surface area contributed by atoms with Crippen molar-refractivity contribution in [3.05, 3.63) is 41.1 Å². The van der Waals surface area contributed by atoms with Gasteiger partial charge in [-0.3, -0.25) is 0 Å². The second kappa shape index (κ2) is 7.02. The number of nitrogens with two attached hydrogens (primary N) is 1. The molecule has 156 valence electrons. The number of hydrogen-bond donors (Lipinski definition) is 2. The minimum atomic E-state index is -1.70. The van der Waals surface area contributed by atoms with Crippen LogP contribution in [0.15, 0.2) is 40.5 Å². The number of ether oxygens (including phenoxy) is 3. The van der Waals surface area contributed by atoms with E-state index in [2.05, 4.69) is 22.4 Å². The summed E-state index contributed by atoms with van der Waals surface area (Å²) in [5, 5.41) is 24.8. The van der Waals surface area contributed by atoms with Crippen LogP contribution in [-0.2, 0) is 9.47 Å². The molecule has 4 rings (SSSR count). The summed E-state index contributed by atoms with van der Waals surface area (Å²) in [5.41, 5.74) is 5.97. The first-order chi connectivity index (χ1) is 14.5. The highest BCUT2D eigenvalue weighted by Crippen LogP contribution is 2.67. The van der Waals surface area contributed by atoms with Crippen LogP contribution in [0, 0.1) is 33.5 Å². The number of nitrogens with zero attached hydrogens (tertiary/aromatic N) is 3. The fourth-order valence-corrected chi connectivity index (χ4v) is 5.37. The van der Waals surface area contributed by atoms with Gasteiger partial charge in [0.15, 0.2) is 10.8 Å². The molecule has 0 bridgehead atoms. The van der Waals surface area contributed by atoms with Gasteiger partial charge in [0.1, 0.15) is 11.6 Å². The summed E-state index contributed by atoms with van der Waals surface area (Å²) in [6.07, 6.45) is 3.32. The fraction of sp³-hybridized carbons (Fsp3) is 0.500. The molecular weight excluding hydrogens is 382 g/mol. The van der Waals surface area contributed by atoms with Crippen LogP contribution in [0.25, 0.3) is 0 Å². The van der Waals surface area contributed by atoms with Crippen LogP contribution in [0.3, 0.4) is 0 Å². The molecule has 0 fully saturated rings. The maximum Gasteiger partial charge on any atom is 0.296 e. The lowest BCUT2D eigenvalue weighted by Crippen LogP contribution is -2.64. The summed E-state index contributed by atoms with van der Waals surface area (Å²) >= 11 is 0. The zero-order valence-corrected chi connectivity index (χ0v) is 17.4. The van der Waals surface area contributed by atoms with Crippen molar-refractivity contribution in [2.45, 2.75) is 37.6 Å². The Kier molecular flexibility index (Phi) is 4.73. The first kappa shape index (κ1) is 20.2. The predicted molar refractivity (Wildman–Crippen MR) is 109 cm³/mol. The fourth-order valence-electron chi connectivity index (χ4n) is 5.37. The van der Waals surface area contributed by atoms with Gasteiger partial charge in [0.25, 0.3) is 5.91 Å². The molecule has 1 aromatic carbocycles. The van der Waals surface area contributed by atoms with Crippen LogP contribution < -0.4 is 15.8 Å². The summed E-state index contributed by atoms with van der Waals surface area (Å²) in [6, 6.07) is 11.6. The highest BCUT2D eigenvalue weighted by atomic mass is 16.7. The second-order valence-electron chi connectivity index (χ2n) is 7.78. The minimum Gasteiger partial charge on any atom is -0.497 e. The number of allylic oxidation sites excluding steroid dienone is 1. The zero-order chi connectivity index (χ0) is 21.6. The minimum absolute atomic E-state index is 0.0284. The Morgan fingerprint density at radius 2 is 1.73 bits per heavy atom. The molecule has 8 heteroatoms. The smallest absolute Gasteiger partial charge is 0.296 e. The molecule has 0 unspecified atom stereocenters. The Morgan fingerprint density at radius 3 is 2.30 bits per heavy atom. The highest BCUT2D eigenvalue weighted by molar-refractivity contribution is 5.96. The van der Waals surface area contributed by atoms with Gasteiger partial charge in [0.05, 0.1) is 25.3 Å². The Balaban J connectivity index is 2.05. The zero-order valence-electron chi connectivity index (χ0n) is 17.4. The second-order valence-corrected chi connectivity index (χ2v) is 7.78. The molecule has 30 heavy (non-hydrogen) atoms. The number of hydrogen-bond acceptors (Lipinski definition) is 8. The maximum atomic E-state index is 10.7. The third-order valence-electron chi connectivity index (χ3n) is 6.76. The van der Waals surface area contributed by atoms with Crippen molar-refractivity contribution in [1.82, 2.24) is 5.32 Å². The molecule has 2 aliphatic heterocycles. The van der Waals surface area contributed by atoms with Crippen molar-refractivity contribution in [3.8, 4) is 17.9 Å². The summed E-state index contributed by atoms with van der Waals surface area (Å²) in [7, 11) is 4.46. The van der Waals surface area contributed by atoms with E-state index in [1.54, 1.807) is 7.11 Å². The first-order valence-corrected chi connectivity index (χ1v) is 9.91. The van der Waals surface area contributed by atoms with Gasteiger partial charge in [-0.1, -0.05) is 12.1 Å². The van der Waals surface area contributed by atoms with Gasteiger partial charge in [0.2, 0.25) is 0 Å². The molecule has 1 aliphatic carbocycles. The van der Waals surface area contributed by atoms with Gasteiger partial charge < -0.3 is 25.3 Å². The number of benzene rings is 1. The van der Waals surface area contributed by atoms with Gasteiger partial charge >= 0.3 is 0 Å². The maximum absolute atomic E-state index is 10.7. The van der Waals surface area contributed by atoms with Crippen LogP contribution >= 0.6 is 0 Å². The normalized spacial score (nSPS) is 31.5. The monoisotopic (exact) mass is 407 g/mol. The number of amidine groups is 1. The van der Waals surface area contributed by atoms with Gasteiger partial charge in [-0.2, -0.15) is 10.5 Å². The molecule has 2 heterocycles. The summed E-state index contributed by atoms with van der Waals surface area (Å²) < 4.78 is 16.7. The number of nitriles is 2. The highest BCUT2D eigenvalue weighted by Gasteiger charge is 2.79. The van der Waals surface area contributed by atoms with E-state index in [0.717, 1.165) is 36.1 Å². The summed E-state index contributed by atoms with van der Waals surface area (Å²) in [4.78, 5) is 4.49. The number of fused-ring (bicyclic) bond motifs is 2. The van der Waals surface area contributed by atoms with E-state index in [0.29, 0.717) is 12.2 Å². The molecule has 0 aromatic heterocycles. The SMILES string of the molecule is COc1ccc([C@H]2NC3=C(CCCC3)[C@@]3(C#N)C(OC)(OC)N=C(N)[C@]23C#N)cc1. The summed E-state index contributed by atoms with van der Waals surface area (Å²) in [5.74, 6) is -0.978. The van der Waals surface area contributed by atoms with Gasteiger partial charge in [-0.25, -0.2) is 4.99 Å². The number of methoxy groups -OCH3 is 3. The molecule has 1 aromatic rings. The van der Waals surface area contributed by atoms with Gasteiger partial charge in [-0.05, 0) is 49.0 Å². The average Bonchev–Trinajstić information content (AvgIpc) is 3.04. The molecule has 3 atom stereocenters. The lowest BCUT2D eigenvalue weighted by molar-refractivity contribution is -0.254. The molecule has 0 spiro atoms. The summed E-state index contributed by atoms with van der Waals surface area (Å²) in [6.45, 7) is 0. The molecule has 3 aliphatic rings. The molecule has 3 N–H and O–H groups in total. The van der Waals surface area contributed by atoms with E-state index in [1.807, 2.05) is 24.3 Å². The van der Waals surface area contributed by atoms with Crippen molar-refractivity contribution in [2.75, 3.05) is 21.3 Å². The molecular formula is C22H25N5O3. The van der Waals surface area contributed by atoms with E-state index < -0.39 is 22.8 Å².